The van der Waals surface area contributed by atoms with Crippen LogP contribution in [0.2, 0.25) is 0 Å². The number of amides is 1. The highest BCUT2D eigenvalue weighted by Gasteiger charge is 2.09. The van der Waals surface area contributed by atoms with E-state index < -0.39 is 10.0 Å². The van der Waals surface area contributed by atoms with Crippen molar-refractivity contribution in [2.45, 2.75) is 4.90 Å². The van der Waals surface area contributed by atoms with Crippen molar-refractivity contribution in [3.63, 3.8) is 0 Å². The second kappa shape index (κ2) is 7.94. The van der Waals surface area contributed by atoms with E-state index in [-0.39, 0.29) is 10.8 Å². The molecule has 150 valence electrons. The SMILES string of the molecule is NS(=O)(=O)c1ccc(-c2ccc(/C=N\NC(=O)c3ccc4ccccc4c3)o2)cc1. The lowest BCUT2D eigenvalue weighted by atomic mass is 10.1. The minimum Gasteiger partial charge on any atom is -0.455 e. The van der Waals surface area contributed by atoms with Gasteiger partial charge in [0.15, 0.2) is 0 Å². The fraction of sp³-hybridized carbons (Fsp3) is 0. The molecule has 0 fully saturated rings. The Balaban J connectivity index is 1.43. The third-order valence-corrected chi connectivity index (χ3v) is 5.39. The summed E-state index contributed by atoms with van der Waals surface area (Å²) in [7, 11) is -3.74. The highest BCUT2D eigenvalue weighted by Crippen LogP contribution is 2.23. The van der Waals surface area contributed by atoms with Crippen LogP contribution in [0.4, 0.5) is 0 Å². The summed E-state index contributed by atoms with van der Waals surface area (Å²) in [5.41, 5.74) is 3.66. The van der Waals surface area contributed by atoms with Gasteiger partial charge in [0.2, 0.25) is 10.0 Å². The van der Waals surface area contributed by atoms with E-state index in [4.69, 9.17) is 9.56 Å². The maximum Gasteiger partial charge on any atom is 0.271 e. The van der Waals surface area contributed by atoms with Gasteiger partial charge in [-0.1, -0.05) is 30.3 Å². The second-order valence-corrected chi connectivity index (χ2v) is 8.09. The van der Waals surface area contributed by atoms with Crippen LogP contribution in [0.1, 0.15) is 16.1 Å². The monoisotopic (exact) mass is 419 g/mol. The van der Waals surface area contributed by atoms with Gasteiger partial charge in [0, 0.05) is 11.1 Å². The summed E-state index contributed by atoms with van der Waals surface area (Å²) in [5, 5.41) is 11.1. The molecule has 0 radical (unpaired) electrons. The number of benzene rings is 3. The molecule has 0 aliphatic carbocycles. The molecule has 8 heteroatoms. The number of hydrogen-bond donors (Lipinski definition) is 2. The fourth-order valence-corrected chi connectivity index (χ4v) is 3.45. The lowest BCUT2D eigenvalue weighted by Crippen LogP contribution is -2.17. The van der Waals surface area contributed by atoms with Crippen molar-refractivity contribution >= 4 is 32.9 Å². The summed E-state index contributed by atoms with van der Waals surface area (Å²) in [6.07, 6.45) is 1.39. The van der Waals surface area contributed by atoms with E-state index >= 15 is 0 Å². The number of fused-ring (bicyclic) bond motifs is 1. The van der Waals surface area contributed by atoms with Crippen molar-refractivity contribution in [1.29, 1.82) is 0 Å². The largest absolute Gasteiger partial charge is 0.455 e. The first-order chi connectivity index (χ1) is 14.4. The third kappa shape index (κ3) is 4.29. The van der Waals surface area contributed by atoms with Crippen molar-refractivity contribution in [3.8, 4) is 11.3 Å². The summed E-state index contributed by atoms with van der Waals surface area (Å²) in [6.45, 7) is 0. The Morgan fingerprint density at radius 2 is 1.67 bits per heavy atom. The van der Waals surface area contributed by atoms with Gasteiger partial charge in [-0.05, 0) is 59.3 Å². The number of nitrogens with zero attached hydrogens (tertiary/aromatic N) is 1. The number of nitrogens with one attached hydrogen (secondary N) is 1. The molecule has 1 heterocycles. The van der Waals surface area contributed by atoms with Crippen LogP contribution in [0.15, 0.2) is 93.3 Å². The van der Waals surface area contributed by atoms with Gasteiger partial charge >= 0.3 is 0 Å². The van der Waals surface area contributed by atoms with Crippen LogP contribution in [-0.4, -0.2) is 20.5 Å². The maximum absolute atomic E-state index is 12.3. The number of nitrogens with two attached hydrogens (primary N) is 1. The molecule has 0 saturated heterocycles. The zero-order valence-corrected chi connectivity index (χ0v) is 16.5. The molecule has 4 aromatic rings. The van der Waals surface area contributed by atoms with E-state index in [2.05, 4.69) is 10.5 Å². The van der Waals surface area contributed by atoms with Gasteiger partial charge < -0.3 is 4.42 Å². The summed E-state index contributed by atoms with van der Waals surface area (Å²) in [6, 6.07) is 22.6. The third-order valence-electron chi connectivity index (χ3n) is 4.46. The van der Waals surface area contributed by atoms with E-state index in [0.717, 1.165) is 10.8 Å². The van der Waals surface area contributed by atoms with Crippen LogP contribution in [0, 0.1) is 0 Å². The van der Waals surface area contributed by atoms with Gasteiger partial charge in [0.05, 0.1) is 11.1 Å². The zero-order chi connectivity index (χ0) is 21.1. The Hall–Kier alpha value is -3.75. The number of sulfonamides is 1. The predicted molar refractivity (Wildman–Crippen MR) is 115 cm³/mol. The topological polar surface area (TPSA) is 115 Å². The molecular formula is C22H17N3O4S. The molecule has 4 rings (SSSR count). The van der Waals surface area contributed by atoms with Gasteiger partial charge in [0.1, 0.15) is 11.5 Å². The maximum atomic E-state index is 12.3. The fourth-order valence-electron chi connectivity index (χ4n) is 2.94. The number of hydrazone groups is 1. The molecule has 0 aliphatic heterocycles. The van der Waals surface area contributed by atoms with Crippen molar-refractivity contribution in [2.75, 3.05) is 0 Å². The van der Waals surface area contributed by atoms with Crippen LogP contribution in [0.3, 0.4) is 0 Å². The zero-order valence-electron chi connectivity index (χ0n) is 15.6. The average molecular weight is 419 g/mol. The number of carbonyl (C=O) groups excluding carboxylic acids is 1. The van der Waals surface area contributed by atoms with Crippen LogP contribution in [-0.2, 0) is 10.0 Å². The molecule has 3 N–H and O–H groups in total. The summed E-state index contributed by atoms with van der Waals surface area (Å²) in [4.78, 5) is 12.3. The molecule has 0 spiro atoms. The Morgan fingerprint density at radius 3 is 2.40 bits per heavy atom. The highest BCUT2D eigenvalue weighted by molar-refractivity contribution is 7.89. The Morgan fingerprint density at radius 1 is 0.933 bits per heavy atom. The van der Waals surface area contributed by atoms with E-state index in [1.807, 2.05) is 30.3 Å². The normalized spacial score (nSPS) is 11.8. The molecule has 0 saturated carbocycles. The summed E-state index contributed by atoms with van der Waals surface area (Å²) in [5.74, 6) is 0.625. The minimum atomic E-state index is -3.74. The van der Waals surface area contributed by atoms with Gasteiger partial charge in [-0.2, -0.15) is 5.10 Å². The summed E-state index contributed by atoms with van der Waals surface area (Å²) >= 11 is 0. The van der Waals surface area contributed by atoms with E-state index in [9.17, 15) is 13.2 Å². The first-order valence-electron chi connectivity index (χ1n) is 8.95. The number of rotatable bonds is 5. The Labute approximate surface area is 172 Å². The van der Waals surface area contributed by atoms with Crippen molar-refractivity contribution in [2.24, 2.45) is 10.2 Å². The quantitative estimate of drug-likeness (QED) is 0.380. The number of primary sulfonamides is 1. The molecule has 0 atom stereocenters. The molecule has 0 bridgehead atoms. The first-order valence-corrected chi connectivity index (χ1v) is 10.5. The molecule has 3 aromatic carbocycles. The van der Waals surface area contributed by atoms with Crippen molar-refractivity contribution < 1.29 is 17.6 Å². The second-order valence-electron chi connectivity index (χ2n) is 6.53. The number of hydrogen-bond acceptors (Lipinski definition) is 5. The predicted octanol–water partition coefficient (Wildman–Crippen LogP) is 3.51. The van der Waals surface area contributed by atoms with Gasteiger partial charge in [0.25, 0.3) is 5.91 Å². The van der Waals surface area contributed by atoms with E-state index in [0.29, 0.717) is 22.6 Å². The van der Waals surface area contributed by atoms with Crippen LogP contribution in [0.5, 0.6) is 0 Å². The van der Waals surface area contributed by atoms with Gasteiger partial charge in [-0.25, -0.2) is 19.0 Å². The molecule has 30 heavy (non-hydrogen) atoms. The van der Waals surface area contributed by atoms with Crippen molar-refractivity contribution in [1.82, 2.24) is 5.43 Å². The molecule has 1 aromatic heterocycles. The lowest BCUT2D eigenvalue weighted by Gasteiger charge is -2.02. The molecule has 0 aliphatic rings. The van der Waals surface area contributed by atoms with Gasteiger partial charge in [-0.15, -0.1) is 0 Å². The molecule has 1 amide bonds. The number of furan rings is 1. The molecule has 0 unspecified atom stereocenters. The lowest BCUT2D eigenvalue weighted by molar-refractivity contribution is 0.0955. The first kappa shape index (κ1) is 19.6. The van der Waals surface area contributed by atoms with E-state index in [1.54, 1.807) is 36.4 Å². The standard InChI is InChI=1S/C22H17N3O4S/c23-30(27,28)20-10-7-16(8-11-20)21-12-9-19(29-21)14-24-25-22(26)18-6-5-15-3-1-2-4-17(15)13-18/h1-14H,(H,25,26)(H2,23,27,28)/b24-14-. The van der Waals surface area contributed by atoms with Gasteiger partial charge in [-0.3, -0.25) is 4.79 Å². The number of carbonyl (C=O) groups is 1. The average Bonchev–Trinajstić information content (AvgIpc) is 3.22. The minimum absolute atomic E-state index is 0.0241. The molecular weight excluding hydrogens is 402 g/mol. The summed E-state index contributed by atoms with van der Waals surface area (Å²) < 4.78 is 28.3. The van der Waals surface area contributed by atoms with Crippen LogP contribution < -0.4 is 10.6 Å². The van der Waals surface area contributed by atoms with Crippen molar-refractivity contribution in [3.05, 3.63) is 90.2 Å². The van der Waals surface area contributed by atoms with Crippen LogP contribution in [0.25, 0.3) is 22.1 Å². The Kier molecular flexibility index (Phi) is 5.18. The smallest absolute Gasteiger partial charge is 0.271 e. The molecule has 7 nitrogen and oxygen atoms in total. The Bertz CT molecular complexity index is 1360. The van der Waals surface area contributed by atoms with Crippen LogP contribution >= 0.6 is 0 Å². The van der Waals surface area contributed by atoms with E-state index in [1.165, 1.54) is 18.3 Å². The highest BCUT2D eigenvalue weighted by atomic mass is 32.2.